The summed E-state index contributed by atoms with van der Waals surface area (Å²) in [5.74, 6) is 0.158. The van der Waals surface area contributed by atoms with Crippen molar-refractivity contribution >= 4 is 17.6 Å². The van der Waals surface area contributed by atoms with E-state index in [0.717, 1.165) is 37.4 Å². The Kier molecular flexibility index (Phi) is 5.12. The van der Waals surface area contributed by atoms with Crippen molar-refractivity contribution in [2.24, 2.45) is 0 Å². The maximum atomic E-state index is 12.8. The standard InChI is InChI=1S/C18H25N7O3/c1-12-9-15-23(2)18(27)14(6-7-25(15)21-12)20-17(26)16-19-11-24(22-16)10-13-5-3-4-8-28-13/h9,11,13-14H,3-8,10H2,1-2H3,(H,20,26)/t13?,14-/m0/s1. The molecule has 2 aliphatic rings. The maximum Gasteiger partial charge on any atom is 0.291 e. The average molecular weight is 387 g/mol. The fourth-order valence-electron chi connectivity index (χ4n) is 3.69. The highest BCUT2D eigenvalue weighted by Crippen LogP contribution is 2.21. The Bertz CT molecular complexity index is 868. The molecule has 2 aliphatic heterocycles. The van der Waals surface area contributed by atoms with Crippen LogP contribution in [-0.2, 0) is 22.6 Å². The van der Waals surface area contributed by atoms with Crippen molar-refractivity contribution < 1.29 is 14.3 Å². The van der Waals surface area contributed by atoms with Crippen molar-refractivity contribution in [2.75, 3.05) is 18.6 Å². The lowest BCUT2D eigenvalue weighted by molar-refractivity contribution is -0.120. The van der Waals surface area contributed by atoms with Crippen LogP contribution in [0.5, 0.6) is 0 Å². The van der Waals surface area contributed by atoms with Crippen LogP contribution in [0.15, 0.2) is 12.4 Å². The Morgan fingerprint density at radius 1 is 1.32 bits per heavy atom. The van der Waals surface area contributed by atoms with Crippen LogP contribution in [0.3, 0.4) is 0 Å². The van der Waals surface area contributed by atoms with Crippen molar-refractivity contribution in [1.29, 1.82) is 0 Å². The summed E-state index contributed by atoms with van der Waals surface area (Å²) in [7, 11) is 1.69. The van der Waals surface area contributed by atoms with Crippen molar-refractivity contribution in [2.45, 2.75) is 57.8 Å². The number of nitrogens with one attached hydrogen (secondary N) is 1. The Hall–Kier alpha value is -2.75. The Labute approximate surface area is 162 Å². The smallest absolute Gasteiger partial charge is 0.291 e. The quantitative estimate of drug-likeness (QED) is 0.819. The number of hydrogen-bond donors (Lipinski definition) is 1. The SMILES string of the molecule is Cc1cc2n(n1)CC[C@H](NC(=O)c1ncn(CC3CCCCO3)n1)C(=O)N2C. The minimum atomic E-state index is -0.645. The molecule has 1 fully saturated rings. The Balaban J connectivity index is 1.39. The molecule has 28 heavy (non-hydrogen) atoms. The van der Waals surface area contributed by atoms with Gasteiger partial charge in [-0.3, -0.25) is 14.5 Å². The van der Waals surface area contributed by atoms with E-state index in [1.807, 2.05) is 13.0 Å². The molecule has 2 aromatic rings. The lowest BCUT2D eigenvalue weighted by Gasteiger charge is -2.22. The third kappa shape index (κ3) is 3.77. The van der Waals surface area contributed by atoms with Crippen LogP contribution in [0.25, 0.3) is 0 Å². The van der Waals surface area contributed by atoms with Crippen LogP contribution in [0.1, 0.15) is 42.0 Å². The third-order valence-electron chi connectivity index (χ3n) is 5.19. The molecule has 2 aromatic heterocycles. The summed E-state index contributed by atoms with van der Waals surface area (Å²) < 4.78 is 9.11. The van der Waals surface area contributed by atoms with Crippen molar-refractivity contribution in [3.05, 3.63) is 23.9 Å². The van der Waals surface area contributed by atoms with Gasteiger partial charge in [0.15, 0.2) is 0 Å². The van der Waals surface area contributed by atoms with Gasteiger partial charge in [0.2, 0.25) is 5.82 Å². The lowest BCUT2D eigenvalue weighted by atomic mass is 10.1. The molecule has 0 aromatic carbocycles. The Morgan fingerprint density at radius 3 is 2.96 bits per heavy atom. The van der Waals surface area contributed by atoms with Gasteiger partial charge in [-0.25, -0.2) is 14.3 Å². The van der Waals surface area contributed by atoms with Crippen LogP contribution in [-0.4, -0.2) is 62.2 Å². The number of carbonyl (C=O) groups is 2. The molecule has 0 saturated carbocycles. The van der Waals surface area contributed by atoms with Gasteiger partial charge in [-0.05, 0) is 32.6 Å². The average Bonchev–Trinajstić information content (AvgIpc) is 3.28. The first kappa shape index (κ1) is 18.6. The van der Waals surface area contributed by atoms with Crippen molar-refractivity contribution in [3.63, 3.8) is 0 Å². The molecule has 1 saturated heterocycles. The zero-order chi connectivity index (χ0) is 19.7. The normalized spacial score (nSPS) is 22.6. The summed E-state index contributed by atoms with van der Waals surface area (Å²) in [5.41, 5.74) is 0.855. The highest BCUT2D eigenvalue weighted by atomic mass is 16.5. The Morgan fingerprint density at radius 2 is 2.18 bits per heavy atom. The van der Waals surface area contributed by atoms with E-state index in [9.17, 15) is 9.59 Å². The number of fused-ring (bicyclic) bond motifs is 1. The number of likely N-dealkylation sites (N-methyl/N-ethyl adjacent to an activating group) is 1. The summed E-state index contributed by atoms with van der Waals surface area (Å²) in [4.78, 5) is 31.0. The van der Waals surface area contributed by atoms with Gasteiger partial charge in [-0.15, -0.1) is 5.10 Å². The molecule has 1 unspecified atom stereocenters. The van der Waals surface area contributed by atoms with Crippen LogP contribution in [0, 0.1) is 6.92 Å². The van der Waals surface area contributed by atoms with Gasteiger partial charge >= 0.3 is 0 Å². The first-order valence-corrected chi connectivity index (χ1v) is 9.65. The minimum absolute atomic E-state index is 0.0593. The largest absolute Gasteiger partial charge is 0.376 e. The first-order chi connectivity index (χ1) is 13.5. The predicted molar refractivity (Wildman–Crippen MR) is 99.9 cm³/mol. The van der Waals surface area contributed by atoms with Gasteiger partial charge in [-0.2, -0.15) is 5.10 Å². The van der Waals surface area contributed by atoms with Crippen LogP contribution in [0.4, 0.5) is 5.82 Å². The first-order valence-electron chi connectivity index (χ1n) is 9.65. The fraction of sp³-hybridized carbons (Fsp3) is 0.611. The monoisotopic (exact) mass is 387 g/mol. The van der Waals surface area contributed by atoms with Gasteiger partial charge in [0.25, 0.3) is 11.8 Å². The molecule has 10 heteroatoms. The van der Waals surface area contributed by atoms with Gasteiger partial charge in [0.1, 0.15) is 18.2 Å². The summed E-state index contributed by atoms with van der Waals surface area (Å²) in [6, 6.07) is 1.21. The van der Waals surface area contributed by atoms with Gasteiger partial charge in [0, 0.05) is 26.3 Å². The minimum Gasteiger partial charge on any atom is -0.376 e. The fourth-order valence-corrected chi connectivity index (χ4v) is 3.69. The van der Waals surface area contributed by atoms with Gasteiger partial charge in [0.05, 0.1) is 18.3 Å². The second kappa shape index (κ2) is 7.70. The molecule has 2 amide bonds. The number of amides is 2. The zero-order valence-corrected chi connectivity index (χ0v) is 16.2. The summed E-state index contributed by atoms with van der Waals surface area (Å²) in [5, 5.41) is 11.4. The molecule has 0 aliphatic carbocycles. The highest BCUT2D eigenvalue weighted by molar-refractivity contribution is 6.00. The second-order valence-corrected chi connectivity index (χ2v) is 7.36. The van der Waals surface area contributed by atoms with E-state index in [1.165, 1.54) is 11.2 Å². The molecule has 150 valence electrons. The summed E-state index contributed by atoms with van der Waals surface area (Å²) in [6.07, 6.45) is 5.31. The number of hydrogen-bond acceptors (Lipinski definition) is 6. The molecule has 4 heterocycles. The molecule has 2 atom stereocenters. The maximum absolute atomic E-state index is 12.8. The third-order valence-corrected chi connectivity index (χ3v) is 5.19. The van der Waals surface area contributed by atoms with E-state index in [1.54, 1.807) is 16.4 Å². The number of anilines is 1. The topological polar surface area (TPSA) is 107 Å². The van der Waals surface area contributed by atoms with E-state index in [0.29, 0.717) is 19.5 Å². The van der Waals surface area contributed by atoms with E-state index >= 15 is 0 Å². The van der Waals surface area contributed by atoms with E-state index in [4.69, 9.17) is 4.74 Å². The molecule has 1 N–H and O–H groups in total. The lowest BCUT2D eigenvalue weighted by Crippen LogP contribution is -2.47. The van der Waals surface area contributed by atoms with E-state index < -0.39 is 11.9 Å². The number of ether oxygens (including phenoxy) is 1. The van der Waals surface area contributed by atoms with Gasteiger partial charge in [-0.1, -0.05) is 0 Å². The van der Waals surface area contributed by atoms with E-state index in [-0.39, 0.29) is 17.8 Å². The number of aryl methyl sites for hydroxylation is 2. The van der Waals surface area contributed by atoms with Gasteiger partial charge < -0.3 is 10.1 Å². The molecular formula is C18H25N7O3. The number of carbonyl (C=O) groups excluding carboxylic acids is 2. The molecule has 0 bridgehead atoms. The zero-order valence-electron chi connectivity index (χ0n) is 16.2. The molecule has 0 spiro atoms. The predicted octanol–water partition coefficient (Wildman–Crippen LogP) is 0.517. The van der Waals surface area contributed by atoms with Crippen LogP contribution < -0.4 is 10.2 Å². The molecule has 10 nitrogen and oxygen atoms in total. The molecule has 4 rings (SSSR count). The second-order valence-electron chi connectivity index (χ2n) is 7.36. The van der Waals surface area contributed by atoms with Crippen molar-refractivity contribution in [3.8, 4) is 0 Å². The number of nitrogens with zero attached hydrogens (tertiary/aromatic N) is 6. The van der Waals surface area contributed by atoms with Crippen LogP contribution in [0.2, 0.25) is 0 Å². The van der Waals surface area contributed by atoms with Crippen LogP contribution >= 0.6 is 0 Å². The highest BCUT2D eigenvalue weighted by Gasteiger charge is 2.31. The number of rotatable bonds is 4. The molecule has 0 radical (unpaired) electrons. The van der Waals surface area contributed by atoms with E-state index in [2.05, 4.69) is 20.5 Å². The summed E-state index contributed by atoms with van der Waals surface area (Å²) in [6.45, 7) is 3.78. The number of aromatic nitrogens is 5. The van der Waals surface area contributed by atoms with Crippen molar-refractivity contribution in [1.82, 2.24) is 29.9 Å². The summed E-state index contributed by atoms with van der Waals surface area (Å²) >= 11 is 0. The molecular weight excluding hydrogens is 362 g/mol.